The molecule has 0 bridgehead atoms. The van der Waals surface area contributed by atoms with Gasteiger partial charge in [0.1, 0.15) is 9.90 Å². The van der Waals surface area contributed by atoms with Gasteiger partial charge in [-0.25, -0.2) is 17.7 Å². The lowest BCUT2D eigenvalue weighted by atomic mass is 10.2. The Bertz CT molecular complexity index is 681. The second-order valence-corrected chi connectivity index (χ2v) is 7.38. The zero-order chi connectivity index (χ0) is 14.8. The Morgan fingerprint density at radius 3 is 2.75 bits per heavy atom. The fourth-order valence-corrected chi connectivity index (χ4v) is 3.22. The lowest BCUT2D eigenvalue weighted by Crippen LogP contribution is -2.23. The first kappa shape index (κ1) is 14.8. The van der Waals surface area contributed by atoms with Crippen LogP contribution in [0.15, 0.2) is 34.7 Å². The first-order valence-electron chi connectivity index (χ1n) is 5.86. The Morgan fingerprint density at radius 2 is 2.15 bits per heavy atom. The summed E-state index contributed by atoms with van der Waals surface area (Å²) in [6, 6.07) is 4.91. The van der Waals surface area contributed by atoms with Gasteiger partial charge in [0, 0.05) is 25.7 Å². The molecular weight excluding hydrogens is 296 g/mol. The van der Waals surface area contributed by atoms with Gasteiger partial charge in [0.25, 0.3) is 0 Å². The zero-order valence-corrected chi connectivity index (χ0v) is 12.8. The third-order valence-electron chi connectivity index (χ3n) is 2.74. The number of anilines is 2. The molecule has 0 spiro atoms. The van der Waals surface area contributed by atoms with Crippen LogP contribution in [-0.4, -0.2) is 31.8 Å². The van der Waals surface area contributed by atoms with E-state index >= 15 is 0 Å². The number of nitrogens with one attached hydrogen (secondary N) is 1. The van der Waals surface area contributed by atoms with E-state index in [1.54, 1.807) is 18.3 Å². The van der Waals surface area contributed by atoms with Gasteiger partial charge >= 0.3 is 0 Å². The molecule has 1 aromatic carbocycles. The van der Waals surface area contributed by atoms with E-state index in [-0.39, 0.29) is 10.6 Å². The van der Waals surface area contributed by atoms with E-state index in [1.807, 2.05) is 5.38 Å². The van der Waals surface area contributed by atoms with Crippen LogP contribution in [0, 0.1) is 0 Å². The number of sulfonamides is 1. The summed E-state index contributed by atoms with van der Waals surface area (Å²) >= 11 is 1.52. The van der Waals surface area contributed by atoms with E-state index in [2.05, 4.69) is 10.3 Å². The van der Waals surface area contributed by atoms with Crippen LogP contribution in [0.5, 0.6) is 0 Å². The fraction of sp³-hybridized carbons (Fsp3) is 0.250. The Morgan fingerprint density at radius 1 is 1.40 bits per heavy atom. The molecule has 0 aliphatic heterocycles. The Hall–Kier alpha value is -1.64. The fourth-order valence-electron chi connectivity index (χ4n) is 1.63. The van der Waals surface area contributed by atoms with Gasteiger partial charge in [-0.1, -0.05) is 6.07 Å². The van der Waals surface area contributed by atoms with E-state index in [0.29, 0.717) is 12.2 Å². The predicted octanol–water partition coefficient (Wildman–Crippen LogP) is 1.59. The van der Waals surface area contributed by atoms with Crippen molar-refractivity contribution >= 4 is 32.7 Å². The van der Waals surface area contributed by atoms with Crippen molar-refractivity contribution in [1.82, 2.24) is 9.29 Å². The first-order chi connectivity index (χ1) is 9.43. The third kappa shape index (κ3) is 2.92. The van der Waals surface area contributed by atoms with Crippen LogP contribution in [0.2, 0.25) is 0 Å². The van der Waals surface area contributed by atoms with Crippen molar-refractivity contribution in [2.75, 3.05) is 25.1 Å². The summed E-state index contributed by atoms with van der Waals surface area (Å²) in [4.78, 5) is 4.25. The summed E-state index contributed by atoms with van der Waals surface area (Å²) in [5, 5.41) is 5.90. The molecule has 108 valence electrons. The summed E-state index contributed by atoms with van der Waals surface area (Å²) < 4.78 is 25.4. The number of hydrogen-bond acceptors (Lipinski definition) is 6. The number of nitrogens with zero attached hydrogens (tertiary/aromatic N) is 2. The van der Waals surface area contributed by atoms with Gasteiger partial charge in [-0.2, -0.15) is 0 Å². The second kappa shape index (κ2) is 5.78. The number of hydrogen-bond donors (Lipinski definition) is 2. The number of para-hydroxylation sites is 1. The molecule has 3 N–H and O–H groups in total. The van der Waals surface area contributed by atoms with E-state index in [0.717, 1.165) is 9.31 Å². The van der Waals surface area contributed by atoms with Gasteiger partial charge < -0.3 is 11.1 Å². The van der Waals surface area contributed by atoms with E-state index in [4.69, 9.17) is 5.73 Å². The Labute approximate surface area is 122 Å². The van der Waals surface area contributed by atoms with E-state index in [1.165, 1.54) is 31.5 Å². The zero-order valence-electron chi connectivity index (χ0n) is 11.2. The smallest absolute Gasteiger partial charge is 0.244 e. The number of benzene rings is 1. The standard InChI is InChI=1S/C12H16N4O2S2/c1-16(2)20(17,18)10-5-3-4-9(12(10)13)15-8-11-14-6-7-19-11/h3-7,15H,8,13H2,1-2H3. The summed E-state index contributed by atoms with van der Waals surface area (Å²) in [7, 11) is -0.594. The molecule has 2 rings (SSSR count). The first-order valence-corrected chi connectivity index (χ1v) is 8.18. The van der Waals surface area contributed by atoms with Gasteiger partial charge in [0.05, 0.1) is 17.9 Å². The molecule has 1 heterocycles. The molecule has 6 nitrogen and oxygen atoms in total. The number of aromatic nitrogens is 1. The highest BCUT2D eigenvalue weighted by atomic mass is 32.2. The van der Waals surface area contributed by atoms with Crippen LogP contribution in [-0.2, 0) is 16.6 Å². The highest BCUT2D eigenvalue weighted by Crippen LogP contribution is 2.28. The van der Waals surface area contributed by atoms with Crippen molar-refractivity contribution in [2.24, 2.45) is 0 Å². The molecule has 0 aliphatic rings. The Kier molecular flexibility index (Phi) is 4.26. The summed E-state index contributed by atoms with van der Waals surface area (Å²) in [5.41, 5.74) is 6.77. The minimum atomic E-state index is -3.55. The molecule has 20 heavy (non-hydrogen) atoms. The van der Waals surface area contributed by atoms with Crippen molar-refractivity contribution in [2.45, 2.75) is 11.4 Å². The Balaban J connectivity index is 2.28. The van der Waals surface area contributed by atoms with Crippen molar-refractivity contribution in [1.29, 1.82) is 0 Å². The number of rotatable bonds is 5. The van der Waals surface area contributed by atoms with Crippen LogP contribution in [0.3, 0.4) is 0 Å². The van der Waals surface area contributed by atoms with E-state index < -0.39 is 10.0 Å². The monoisotopic (exact) mass is 312 g/mol. The number of thiazole rings is 1. The maximum absolute atomic E-state index is 12.1. The minimum absolute atomic E-state index is 0.103. The SMILES string of the molecule is CN(C)S(=O)(=O)c1cccc(NCc2nccs2)c1N. The lowest BCUT2D eigenvalue weighted by molar-refractivity contribution is 0.521. The number of nitrogen functional groups attached to an aromatic ring is 1. The van der Waals surface area contributed by atoms with Gasteiger partial charge in [0.15, 0.2) is 0 Å². The summed E-state index contributed by atoms with van der Waals surface area (Å²) in [6.07, 6.45) is 1.72. The average Bonchev–Trinajstić information content (AvgIpc) is 2.90. The molecule has 0 fully saturated rings. The van der Waals surface area contributed by atoms with Crippen LogP contribution < -0.4 is 11.1 Å². The second-order valence-electron chi connectivity index (χ2n) is 4.28. The van der Waals surface area contributed by atoms with Crippen molar-refractivity contribution in [3.05, 3.63) is 34.8 Å². The van der Waals surface area contributed by atoms with Crippen molar-refractivity contribution < 1.29 is 8.42 Å². The highest BCUT2D eigenvalue weighted by molar-refractivity contribution is 7.89. The summed E-state index contributed by atoms with van der Waals surface area (Å²) in [5.74, 6) is 0. The molecule has 2 aromatic rings. The van der Waals surface area contributed by atoms with Crippen molar-refractivity contribution in [3.8, 4) is 0 Å². The van der Waals surface area contributed by atoms with Crippen LogP contribution in [0.4, 0.5) is 11.4 Å². The van der Waals surface area contributed by atoms with Crippen LogP contribution in [0.25, 0.3) is 0 Å². The van der Waals surface area contributed by atoms with E-state index in [9.17, 15) is 8.42 Å². The molecule has 0 radical (unpaired) electrons. The highest BCUT2D eigenvalue weighted by Gasteiger charge is 2.21. The largest absolute Gasteiger partial charge is 0.396 e. The molecule has 0 saturated heterocycles. The van der Waals surface area contributed by atoms with Gasteiger partial charge in [-0.3, -0.25) is 0 Å². The molecule has 1 aromatic heterocycles. The van der Waals surface area contributed by atoms with Crippen LogP contribution >= 0.6 is 11.3 Å². The molecule has 0 unspecified atom stereocenters. The molecule has 0 amide bonds. The quantitative estimate of drug-likeness (QED) is 0.819. The maximum Gasteiger partial charge on any atom is 0.244 e. The predicted molar refractivity (Wildman–Crippen MR) is 81.2 cm³/mol. The lowest BCUT2D eigenvalue weighted by Gasteiger charge is -2.16. The topological polar surface area (TPSA) is 88.3 Å². The van der Waals surface area contributed by atoms with Crippen LogP contribution in [0.1, 0.15) is 5.01 Å². The molecular formula is C12H16N4O2S2. The average molecular weight is 312 g/mol. The maximum atomic E-state index is 12.1. The molecule has 0 aliphatic carbocycles. The van der Waals surface area contributed by atoms with Gasteiger partial charge in [0.2, 0.25) is 10.0 Å². The minimum Gasteiger partial charge on any atom is -0.396 e. The normalized spacial score (nSPS) is 11.8. The summed E-state index contributed by atoms with van der Waals surface area (Å²) in [6.45, 7) is 0.507. The third-order valence-corrected chi connectivity index (χ3v) is 5.39. The molecule has 0 atom stereocenters. The molecule has 8 heteroatoms. The number of nitrogens with two attached hydrogens (primary N) is 1. The van der Waals surface area contributed by atoms with Gasteiger partial charge in [-0.15, -0.1) is 11.3 Å². The van der Waals surface area contributed by atoms with Crippen molar-refractivity contribution in [3.63, 3.8) is 0 Å². The molecule has 0 saturated carbocycles. The van der Waals surface area contributed by atoms with Gasteiger partial charge in [-0.05, 0) is 12.1 Å².